The van der Waals surface area contributed by atoms with Crippen molar-refractivity contribution < 1.29 is 22.6 Å². The molecule has 1 saturated heterocycles. The van der Waals surface area contributed by atoms with Gasteiger partial charge >= 0.3 is 6.61 Å². The number of halogens is 3. The van der Waals surface area contributed by atoms with Crippen LogP contribution in [0.4, 0.5) is 19.1 Å². The minimum Gasteiger partial charge on any atom is -0.434 e. The Bertz CT molecular complexity index is 1410. The van der Waals surface area contributed by atoms with Gasteiger partial charge in [-0.3, -0.25) is 14.2 Å². The van der Waals surface area contributed by atoms with Crippen LogP contribution in [0.15, 0.2) is 53.6 Å². The molecule has 0 saturated carbocycles. The third kappa shape index (κ3) is 4.46. The molecule has 8 nitrogen and oxygen atoms in total. The molecule has 0 atom stereocenters. The highest BCUT2D eigenvalue weighted by atomic mass is 19.3. The van der Waals surface area contributed by atoms with E-state index in [0.29, 0.717) is 30.1 Å². The lowest BCUT2D eigenvalue weighted by atomic mass is 10.1. The summed E-state index contributed by atoms with van der Waals surface area (Å²) in [4.78, 5) is 23.8. The van der Waals surface area contributed by atoms with E-state index in [9.17, 15) is 18.0 Å². The van der Waals surface area contributed by atoms with E-state index >= 15 is 0 Å². The smallest absolute Gasteiger partial charge is 0.387 e. The fourth-order valence-corrected chi connectivity index (χ4v) is 4.19. The molecule has 1 fully saturated rings. The first kappa shape index (κ1) is 22.9. The molecule has 0 amide bonds. The molecule has 2 aromatic heterocycles. The Morgan fingerprint density at radius 3 is 2.54 bits per heavy atom. The third-order valence-corrected chi connectivity index (χ3v) is 6.03. The van der Waals surface area contributed by atoms with Gasteiger partial charge in [-0.15, -0.1) is 0 Å². The molecular formula is C24H22F3N5O3. The summed E-state index contributed by atoms with van der Waals surface area (Å²) in [6.07, 6.45) is 3.41. The van der Waals surface area contributed by atoms with E-state index in [4.69, 9.17) is 4.74 Å². The third-order valence-electron chi connectivity index (χ3n) is 6.03. The van der Waals surface area contributed by atoms with Gasteiger partial charge in [-0.1, -0.05) is 12.1 Å². The molecule has 11 heteroatoms. The average Bonchev–Trinajstić information content (AvgIpc) is 3.10. The molecule has 0 aliphatic carbocycles. The van der Waals surface area contributed by atoms with Gasteiger partial charge in [0.15, 0.2) is 0 Å². The number of nitrogens with zero attached hydrogens (tertiary/aromatic N) is 5. The second kappa shape index (κ2) is 9.41. The number of anilines is 1. The zero-order valence-corrected chi connectivity index (χ0v) is 18.8. The van der Waals surface area contributed by atoms with E-state index in [1.54, 1.807) is 30.6 Å². The first-order chi connectivity index (χ1) is 16.9. The summed E-state index contributed by atoms with van der Waals surface area (Å²) in [5.41, 5.74) is 1.63. The van der Waals surface area contributed by atoms with Crippen molar-refractivity contribution in [1.29, 1.82) is 0 Å². The Labute approximate surface area is 198 Å². The van der Waals surface area contributed by atoms with E-state index in [2.05, 4.69) is 14.7 Å². The Morgan fingerprint density at radius 2 is 1.83 bits per heavy atom. The number of fused-ring (bicyclic) bond motifs is 1. The highest BCUT2D eigenvalue weighted by Gasteiger charge is 2.19. The van der Waals surface area contributed by atoms with Gasteiger partial charge in [0.25, 0.3) is 5.56 Å². The van der Waals surface area contributed by atoms with E-state index in [0.717, 1.165) is 30.3 Å². The minimum absolute atomic E-state index is 0.0797. The van der Waals surface area contributed by atoms with Crippen molar-refractivity contribution in [3.05, 3.63) is 70.5 Å². The van der Waals surface area contributed by atoms with Gasteiger partial charge in [-0.05, 0) is 29.8 Å². The first-order valence-electron chi connectivity index (χ1n) is 11.0. The van der Waals surface area contributed by atoms with Crippen LogP contribution in [-0.2, 0) is 18.3 Å². The number of ether oxygens (including phenoxy) is 2. The van der Waals surface area contributed by atoms with Gasteiger partial charge in [0, 0.05) is 38.1 Å². The summed E-state index contributed by atoms with van der Waals surface area (Å²) in [7, 11) is 1.54. The number of morpholine rings is 1. The SMILES string of the molecule is Cn1c(=O)c2ccc(-c3cnc(N4CCOCC4)nc3)cc2n1Cc1c(F)cccc1OC(F)F. The van der Waals surface area contributed by atoms with Crippen molar-refractivity contribution in [3.63, 3.8) is 0 Å². The van der Waals surface area contributed by atoms with Crippen LogP contribution in [0.2, 0.25) is 0 Å². The van der Waals surface area contributed by atoms with Crippen LogP contribution < -0.4 is 15.2 Å². The molecule has 2 aromatic carbocycles. The maximum Gasteiger partial charge on any atom is 0.387 e. The molecular weight excluding hydrogens is 463 g/mol. The molecule has 0 unspecified atom stereocenters. The monoisotopic (exact) mass is 485 g/mol. The molecule has 1 aliphatic heterocycles. The van der Waals surface area contributed by atoms with Gasteiger partial charge in [0.1, 0.15) is 11.6 Å². The molecule has 35 heavy (non-hydrogen) atoms. The molecule has 0 radical (unpaired) electrons. The van der Waals surface area contributed by atoms with Crippen molar-refractivity contribution >= 4 is 16.9 Å². The van der Waals surface area contributed by atoms with Crippen LogP contribution in [0.3, 0.4) is 0 Å². The molecule has 1 aliphatic rings. The fourth-order valence-electron chi connectivity index (χ4n) is 4.19. The normalized spacial score (nSPS) is 14.1. The Morgan fingerprint density at radius 1 is 1.09 bits per heavy atom. The summed E-state index contributed by atoms with van der Waals surface area (Å²) < 4.78 is 53.1. The minimum atomic E-state index is -3.10. The molecule has 0 bridgehead atoms. The van der Waals surface area contributed by atoms with E-state index in [-0.39, 0.29) is 23.4 Å². The lowest BCUT2D eigenvalue weighted by Crippen LogP contribution is -2.37. The maximum absolute atomic E-state index is 14.6. The second-order valence-corrected chi connectivity index (χ2v) is 8.08. The van der Waals surface area contributed by atoms with Gasteiger partial charge in [0.2, 0.25) is 5.95 Å². The zero-order chi connectivity index (χ0) is 24.5. The zero-order valence-electron chi connectivity index (χ0n) is 18.8. The fraction of sp³-hybridized carbons (Fsp3) is 0.292. The summed E-state index contributed by atoms with van der Waals surface area (Å²) >= 11 is 0. The van der Waals surface area contributed by atoms with Crippen molar-refractivity contribution in [2.75, 3.05) is 31.2 Å². The van der Waals surface area contributed by atoms with Crippen LogP contribution >= 0.6 is 0 Å². The quantitative estimate of drug-likeness (QED) is 0.417. The number of alkyl halides is 2. The van der Waals surface area contributed by atoms with Crippen LogP contribution in [0.5, 0.6) is 5.75 Å². The molecule has 5 rings (SSSR count). The molecule has 0 spiro atoms. The second-order valence-electron chi connectivity index (χ2n) is 8.08. The van der Waals surface area contributed by atoms with Gasteiger partial charge in [-0.2, -0.15) is 8.78 Å². The van der Waals surface area contributed by atoms with Gasteiger partial charge in [-0.25, -0.2) is 14.4 Å². The van der Waals surface area contributed by atoms with E-state index in [1.807, 2.05) is 4.90 Å². The molecule has 182 valence electrons. The van der Waals surface area contributed by atoms with Crippen molar-refractivity contribution in [2.45, 2.75) is 13.2 Å². The first-order valence-corrected chi connectivity index (χ1v) is 11.0. The largest absolute Gasteiger partial charge is 0.434 e. The standard InChI is InChI=1S/C24H22F3N5O3/c1-30-22(33)17-6-5-15(16-12-28-24(29-13-16)31-7-9-34-10-8-31)11-20(17)32(30)14-18-19(25)3-2-4-21(18)35-23(26)27/h2-6,11-13,23H,7-10,14H2,1H3. The molecule has 4 aromatic rings. The van der Waals surface area contributed by atoms with Crippen molar-refractivity contribution in [1.82, 2.24) is 19.3 Å². The maximum atomic E-state index is 14.6. The summed E-state index contributed by atoms with van der Waals surface area (Å²) in [5.74, 6) is -0.376. The van der Waals surface area contributed by atoms with Crippen LogP contribution in [0, 0.1) is 5.82 Å². The number of benzene rings is 2. The molecule has 3 heterocycles. The number of aromatic nitrogens is 4. The lowest BCUT2D eigenvalue weighted by molar-refractivity contribution is -0.0507. The summed E-state index contributed by atoms with van der Waals surface area (Å²) in [6, 6.07) is 8.97. The summed E-state index contributed by atoms with van der Waals surface area (Å²) in [5, 5.41) is 0.412. The van der Waals surface area contributed by atoms with Gasteiger partial charge in [0.05, 0.1) is 36.2 Å². The topological polar surface area (TPSA) is 74.4 Å². The molecule has 0 N–H and O–H groups in total. The predicted octanol–water partition coefficient (Wildman–Crippen LogP) is 3.42. The summed E-state index contributed by atoms with van der Waals surface area (Å²) in [6.45, 7) is -0.601. The highest BCUT2D eigenvalue weighted by molar-refractivity contribution is 5.84. The van der Waals surface area contributed by atoms with E-state index in [1.165, 1.54) is 28.5 Å². The predicted molar refractivity (Wildman–Crippen MR) is 123 cm³/mol. The Kier molecular flexibility index (Phi) is 6.16. The average molecular weight is 485 g/mol. The Hall–Kier alpha value is -3.86. The van der Waals surface area contributed by atoms with E-state index < -0.39 is 12.4 Å². The number of hydrogen-bond acceptors (Lipinski definition) is 6. The highest BCUT2D eigenvalue weighted by Crippen LogP contribution is 2.28. The Balaban J connectivity index is 1.52. The van der Waals surface area contributed by atoms with Crippen molar-refractivity contribution in [2.24, 2.45) is 7.05 Å². The number of hydrogen-bond donors (Lipinski definition) is 0. The van der Waals surface area contributed by atoms with Crippen LogP contribution in [0.25, 0.3) is 22.0 Å². The van der Waals surface area contributed by atoms with Gasteiger partial charge < -0.3 is 14.4 Å². The van der Waals surface area contributed by atoms with Crippen molar-refractivity contribution in [3.8, 4) is 16.9 Å². The van der Waals surface area contributed by atoms with Crippen LogP contribution in [0.1, 0.15) is 5.56 Å². The lowest BCUT2D eigenvalue weighted by Gasteiger charge is -2.26. The van der Waals surface area contributed by atoms with Crippen LogP contribution in [-0.4, -0.2) is 52.2 Å². The number of rotatable bonds is 6.